The third-order valence-electron chi connectivity index (χ3n) is 4.81. The highest BCUT2D eigenvalue weighted by Gasteiger charge is 2.20. The molecule has 0 aromatic heterocycles. The Morgan fingerprint density at radius 1 is 1.21 bits per heavy atom. The lowest BCUT2D eigenvalue weighted by molar-refractivity contribution is 0.0899. The largest absolute Gasteiger partial charge is 0.491 e. The summed E-state index contributed by atoms with van der Waals surface area (Å²) in [6.45, 7) is 9.45. The van der Waals surface area contributed by atoms with Gasteiger partial charge in [-0.1, -0.05) is 32.9 Å². The zero-order valence-corrected chi connectivity index (χ0v) is 15.5. The van der Waals surface area contributed by atoms with E-state index in [0.717, 1.165) is 37.0 Å². The monoisotopic (exact) mass is 335 g/mol. The molecule has 0 saturated heterocycles. The van der Waals surface area contributed by atoms with Gasteiger partial charge < -0.3 is 20.3 Å². The summed E-state index contributed by atoms with van der Waals surface area (Å²) in [5.74, 6) is 0.836. The van der Waals surface area contributed by atoms with Gasteiger partial charge in [0.15, 0.2) is 0 Å². The van der Waals surface area contributed by atoms with Crippen molar-refractivity contribution in [2.75, 3.05) is 13.2 Å². The summed E-state index contributed by atoms with van der Waals surface area (Å²) in [6, 6.07) is 6.66. The van der Waals surface area contributed by atoms with Gasteiger partial charge in [0.25, 0.3) is 0 Å². The summed E-state index contributed by atoms with van der Waals surface area (Å²) in [5.41, 5.74) is 2.51. The Labute approximate surface area is 146 Å². The second-order valence-electron chi connectivity index (χ2n) is 8.11. The van der Waals surface area contributed by atoms with E-state index in [1.807, 2.05) is 13.0 Å². The third-order valence-corrected chi connectivity index (χ3v) is 4.81. The Balaban J connectivity index is 1.76. The third kappa shape index (κ3) is 5.76. The highest BCUT2D eigenvalue weighted by Crippen LogP contribution is 2.27. The number of benzene rings is 1. The van der Waals surface area contributed by atoms with Crippen LogP contribution in [0.25, 0.3) is 0 Å². The zero-order chi connectivity index (χ0) is 17.7. The number of ether oxygens (including phenoxy) is 1. The van der Waals surface area contributed by atoms with Crippen molar-refractivity contribution in [1.29, 1.82) is 0 Å². The normalized spacial score (nSPS) is 23.1. The minimum atomic E-state index is -0.529. The van der Waals surface area contributed by atoms with E-state index in [1.54, 1.807) is 0 Å². The van der Waals surface area contributed by atoms with Crippen LogP contribution < -0.4 is 10.1 Å². The lowest BCUT2D eigenvalue weighted by Gasteiger charge is -2.27. The molecule has 0 radical (unpaired) electrons. The van der Waals surface area contributed by atoms with Gasteiger partial charge in [0.05, 0.1) is 6.10 Å². The summed E-state index contributed by atoms with van der Waals surface area (Å²) in [5, 5.41) is 23.0. The van der Waals surface area contributed by atoms with Crippen molar-refractivity contribution in [2.24, 2.45) is 0 Å². The molecule has 0 bridgehead atoms. The second kappa shape index (κ2) is 8.32. The van der Waals surface area contributed by atoms with Gasteiger partial charge in [-0.25, -0.2) is 0 Å². The molecule has 24 heavy (non-hydrogen) atoms. The number of aliphatic hydroxyl groups excluding tert-OH is 2. The molecule has 1 fully saturated rings. The van der Waals surface area contributed by atoms with Crippen LogP contribution in [-0.2, 0) is 5.41 Å². The molecule has 4 heteroatoms. The molecular formula is C20H33NO3. The highest BCUT2D eigenvalue weighted by molar-refractivity contribution is 5.38. The number of nitrogens with one attached hydrogen (secondary N) is 1. The van der Waals surface area contributed by atoms with Gasteiger partial charge in [0.2, 0.25) is 0 Å². The van der Waals surface area contributed by atoms with Gasteiger partial charge in [0.1, 0.15) is 18.5 Å². The first kappa shape index (κ1) is 19.2. The summed E-state index contributed by atoms with van der Waals surface area (Å²) in [7, 11) is 0. The lowest BCUT2D eigenvalue weighted by Crippen LogP contribution is -2.40. The molecule has 1 aromatic carbocycles. The minimum Gasteiger partial charge on any atom is -0.491 e. The van der Waals surface area contributed by atoms with Crippen LogP contribution in [0.15, 0.2) is 18.2 Å². The Hall–Kier alpha value is -1.10. The van der Waals surface area contributed by atoms with Crippen LogP contribution in [0.1, 0.15) is 57.6 Å². The Morgan fingerprint density at radius 3 is 2.46 bits per heavy atom. The standard InChI is InChI=1S/C20H33NO3/c1-14-11-15(20(2,3)4)5-10-19(14)24-13-18(23)12-21-16-6-8-17(22)9-7-16/h5,10-11,16-18,21-23H,6-9,12-13H2,1-4H3. The average Bonchev–Trinajstić information content (AvgIpc) is 2.52. The Bertz CT molecular complexity index is 516. The predicted octanol–water partition coefficient (Wildman–Crippen LogP) is 2.93. The fourth-order valence-electron chi connectivity index (χ4n) is 3.11. The summed E-state index contributed by atoms with van der Waals surface area (Å²) in [6.07, 6.45) is 2.98. The van der Waals surface area contributed by atoms with E-state index >= 15 is 0 Å². The number of aryl methyl sites for hydroxylation is 1. The molecule has 0 amide bonds. The Morgan fingerprint density at radius 2 is 1.88 bits per heavy atom. The smallest absolute Gasteiger partial charge is 0.122 e. The molecule has 136 valence electrons. The average molecular weight is 335 g/mol. The molecule has 0 aliphatic heterocycles. The van der Waals surface area contributed by atoms with Crippen LogP contribution in [0.2, 0.25) is 0 Å². The molecule has 1 aromatic rings. The van der Waals surface area contributed by atoms with Crippen LogP contribution in [0, 0.1) is 6.92 Å². The molecule has 3 N–H and O–H groups in total. The van der Waals surface area contributed by atoms with Crippen LogP contribution in [0.5, 0.6) is 5.75 Å². The number of hydrogen-bond donors (Lipinski definition) is 3. The molecule has 1 saturated carbocycles. The first-order chi connectivity index (χ1) is 11.3. The van der Waals surface area contributed by atoms with Crippen LogP contribution in [0.3, 0.4) is 0 Å². The van der Waals surface area contributed by atoms with Crippen molar-refractivity contribution < 1.29 is 14.9 Å². The predicted molar refractivity (Wildman–Crippen MR) is 97.6 cm³/mol. The molecule has 1 aliphatic rings. The summed E-state index contributed by atoms with van der Waals surface area (Å²) in [4.78, 5) is 0. The Kier molecular flexibility index (Phi) is 6.67. The van der Waals surface area contributed by atoms with E-state index in [9.17, 15) is 10.2 Å². The minimum absolute atomic E-state index is 0.125. The lowest BCUT2D eigenvalue weighted by atomic mass is 9.86. The van der Waals surface area contributed by atoms with Gasteiger partial charge in [-0.15, -0.1) is 0 Å². The van der Waals surface area contributed by atoms with Crippen molar-refractivity contribution in [3.05, 3.63) is 29.3 Å². The van der Waals surface area contributed by atoms with Gasteiger partial charge >= 0.3 is 0 Å². The maximum absolute atomic E-state index is 10.1. The molecule has 4 nitrogen and oxygen atoms in total. The van der Waals surface area contributed by atoms with E-state index in [0.29, 0.717) is 12.6 Å². The van der Waals surface area contributed by atoms with Crippen LogP contribution in [0.4, 0.5) is 0 Å². The van der Waals surface area contributed by atoms with Crippen LogP contribution in [-0.4, -0.2) is 41.6 Å². The molecule has 1 atom stereocenters. The number of rotatable bonds is 6. The van der Waals surface area contributed by atoms with E-state index in [4.69, 9.17) is 4.74 Å². The van der Waals surface area contributed by atoms with Crippen molar-refractivity contribution in [1.82, 2.24) is 5.32 Å². The fraction of sp³-hybridized carbons (Fsp3) is 0.700. The van der Waals surface area contributed by atoms with Gasteiger partial charge in [-0.3, -0.25) is 0 Å². The SMILES string of the molecule is Cc1cc(C(C)(C)C)ccc1OCC(O)CNC1CCC(O)CC1. The molecule has 1 unspecified atom stereocenters. The maximum atomic E-state index is 10.1. The van der Waals surface area contributed by atoms with Crippen molar-refractivity contribution in [3.63, 3.8) is 0 Å². The topological polar surface area (TPSA) is 61.7 Å². The molecule has 0 heterocycles. The molecule has 0 spiro atoms. The van der Waals surface area contributed by atoms with Gasteiger partial charge in [-0.2, -0.15) is 0 Å². The van der Waals surface area contributed by atoms with E-state index in [-0.39, 0.29) is 18.1 Å². The quantitative estimate of drug-likeness (QED) is 0.748. The van der Waals surface area contributed by atoms with E-state index in [1.165, 1.54) is 5.56 Å². The van der Waals surface area contributed by atoms with Gasteiger partial charge in [-0.05, 0) is 55.2 Å². The van der Waals surface area contributed by atoms with Crippen molar-refractivity contribution in [2.45, 2.75) is 77.0 Å². The fourth-order valence-corrected chi connectivity index (χ4v) is 3.11. The van der Waals surface area contributed by atoms with Gasteiger partial charge in [0, 0.05) is 12.6 Å². The number of aliphatic hydroxyl groups is 2. The molecule has 2 rings (SSSR count). The van der Waals surface area contributed by atoms with Crippen LogP contribution >= 0.6 is 0 Å². The summed E-state index contributed by atoms with van der Waals surface area (Å²) < 4.78 is 5.79. The van der Waals surface area contributed by atoms with E-state index in [2.05, 4.69) is 38.2 Å². The van der Waals surface area contributed by atoms with Crippen molar-refractivity contribution >= 4 is 0 Å². The summed E-state index contributed by atoms with van der Waals surface area (Å²) >= 11 is 0. The zero-order valence-electron chi connectivity index (χ0n) is 15.5. The maximum Gasteiger partial charge on any atom is 0.122 e. The second-order valence-corrected chi connectivity index (χ2v) is 8.11. The first-order valence-corrected chi connectivity index (χ1v) is 9.09. The van der Waals surface area contributed by atoms with Crippen molar-refractivity contribution in [3.8, 4) is 5.75 Å². The molecule has 1 aliphatic carbocycles. The first-order valence-electron chi connectivity index (χ1n) is 9.09. The highest BCUT2D eigenvalue weighted by atomic mass is 16.5. The van der Waals surface area contributed by atoms with E-state index < -0.39 is 6.10 Å². The number of hydrogen-bond acceptors (Lipinski definition) is 4. The molecular weight excluding hydrogens is 302 g/mol.